The summed E-state index contributed by atoms with van der Waals surface area (Å²) in [6.45, 7) is 6.29. The van der Waals surface area contributed by atoms with Crippen LogP contribution in [-0.2, 0) is 19.0 Å². The number of aryl methyl sites for hydroxylation is 1. The number of carbonyl (C=O) groups is 1. The van der Waals surface area contributed by atoms with Crippen molar-refractivity contribution < 1.29 is 37.3 Å². The zero-order valence-electron chi connectivity index (χ0n) is 16.6. The Morgan fingerprint density at radius 2 is 1.97 bits per heavy atom. The molecule has 1 aromatic heterocycles. The summed E-state index contributed by atoms with van der Waals surface area (Å²) in [5.41, 5.74) is 0. The summed E-state index contributed by atoms with van der Waals surface area (Å²) < 4.78 is 49.6. The topological polar surface area (TPSA) is 94.0 Å². The van der Waals surface area contributed by atoms with E-state index in [-0.39, 0.29) is 12.2 Å². The van der Waals surface area contributed by atoms with Gasteiger partial charge in [-0.05, 0) is 38.5 Å². The van der Waals surface area contributed by atoms with Gasteiger partial charge in [-0.2, -0.15) is 13.2 Å². The Morgan fingerprint density at radius 3 is 2.57 bits per heavy atom. The minimum atomic E-state index is -5.08. The number of carboxylic acid groups (broad SMARTS) is 1. The number of aromatic nitrogens is 2. The minimum absolute atomic E-state index is 0.146. The van der Waals surface area contributed by atoms with Gasteiger partial charge in [0.15, 0.2) is 0 Å². The fraction of sp³-hybridized carbons (Fsp3) is 0.833. The van der Waals surface area contributed by atoms with Crippen LogP contribution >= 0.6 is 11.3 Å². The van der Waals surface area contributed by atoms with Gasteiger partial charge in [0.25, 0.3) is 0 Å². The quantitative estimate of drug-likeness (QED) is 0.744. The number of aliphatic carboxylic acids is 1. The fourth-order valence-electron chi connectivity index (χ4n) is 3.85. The van der Waals surface area contributed by atoms with Gasteiger partial charge in [-0.3, -0.25) is 0 Å². The number of carboxylic acids is 1. The highest BCUT2D eigenvalue weighted by molar-refractivity contribution is 7.15. The van der Waals surface area contributed by atoms with Crippen molar-refractivity contribution in [2.45, 2.75) is 57.0 Å². The van der Waals surface area contributed by atoms with Crippen LogP contribution in [0.25, 0.3) is 0 Å². The zero-order chi connectivity index (χ0) is 21.7. The lowest BCUT2D eigenvalue weighted by Gasteiger charge is -2.32. The van der Waals surface area contributed by atoms with Crippen LogP contribution in [0.15, 0.2) is 0 Å². The summed E-state index contributed by atoms with van der Waals surface area (Å²) in [4.78, 5) is 11.3. The Hall–Kier alpha value is -1.50. The normalized spacial score (nSPS) is 27.3. The van der Waals surface area contributed by atoms with Crippen molar-refractivity contribution in [2.75, 3.05) is 37.9 Å². The van der Waals surface area contributed by atoms with Crippen LogP contribution in [0.3, 0.4) is 0 Å². The number of halogens is 3. The molecule has 3 aliphatic rings. The van der Waals surface area contributed by atoms with Crippen LogP contribution in [0.1, 0.15) is 30.7 Å². The highest BCUT2D eigenvalue weighted by atomic mass is 32.1. The molecule has 3 aliphatic heterocycles. The summed E-state index contributed by atoms with van der Waals surface area (Å²) in [5, 5.41) is 17.7. The fourth-order valence-corrected chi connectivity index (χ4v) is 4.61. The summed E-state index contributed by atoms with van der Waals surface area (Å²) in [7, 11) is 0. The van der Waals surface area contributed by atoms with Gasteiger partial charge in [0.1, 0.15) is 17.2 Å². The standard InChI is InChI=1S/C16H25N3O3S.C2HF3O2/c1-11-17-18-16(23-11)19-9-14(15-13(19)3-2-6-21-15)22-10-12-4-7-20-8-5-12;3-2(4,5)1(6)7/h12-15H,2-10H2,1H3;(H,6,7)/t13-,14+,15+;/m1./s1. The lowest BCUT2D eigenvalue weighted by atomic mass is 10.0. The van der Waals surface area contributed by atoms with Gasteiger partial charge < -0.3 is 24.2 Å². The number of alkyl halides is 3. The van der Waals surface area contributed by atoms with E-state index in [1.54, 1.807) is 11.3 Å². The smallest absolute Gasteiger partial charge is 0.475 e. The maximum absolute atomic E-state index is 10.6. The molecule has 0 unspecified atom stereocenters. The van der Waals surface area contributed by atoms with Crippen LogP contribution in [-0.4, -0.2) is 78.7 Å². The predicted molar refractivity (Wildman–Crippen MR) is 102 cm³/mol. The molecule has 0 spiro atoms. The molecule has 0 amide bonds. The number of nitrogens with zero attached hydrogens (tertiary/aromatic N) is 3. The van der Waals surface area contributed by atoms with E-state index in [0.29, 0.717) is 12.0 Å². The molecule has 1 aromatic rings. The molecule has 3 atom stereocenters. The van der Waals surface area contributed by atoms with E-state index in [0.717, 1.165) is 68.8 Å². The van der Waals surface area contributed by atoms with E-state index in [4.69, 9.17) is 24.1 Å². The van der Waals surface area contributed by atoms with E-state index >= 15 is 0 Å². The molecule has 3 saturated heterocycles. The average Bonchev–Trinajstić information content (AvgIpc) is 3.30. The number of hydrogen-bond donors (Lipinski definition) is 1. The number of ether oxygens (including phenoxy) is 3. The SMILES string of the molecule is Cc1nnc(N2C[C@H](OCC3CCOCC3)[C@H]3OCCC[C@H]32)s1.O=C(O)C(F)(F)F. The largest absolute Gasteiger partial charge is 0.490 e. The average molecular weight is 453 g/mol. The molecule has 0 aliphatic carbocycles. The highest BCUT2D eigenvalue weighted by Gasteiger charge is 2.46. The second-order valence-electron chi connectivity index (χ2n) is 7.53. The van der Waals surface area contributed by atoms with Gasteiger partial charge in [-0.25, -0.2) is 4.79 Å². The third-order valence-corrected chi connectivity index (χ3v) is 6.24. The van der Waals surface area contributed by atoms with Gasteiger partial charge in [-0.15, -0.1) is 10.2 Å². The van der Waals surface area contributed by atoms with Crippen molar-refractivity contribution in [3.63, 3.8) is 0 Å². The third-order valence-electron chi connectivity index (χ3n) is 5.37. The highest BCUT2D eigenvalue weighted by Crippen LogP contribution is 2.36. The molecular weight excluding hydrogens is 427 g/mol. The summed E-state index contributed by atoms with van der Waals surface area (Å²) in [6.07, 6.45) is -0.273. The Balaban J connectivity index is 0.000000318. The van der Waals surface area contributed by atoms with Crippen molar-refractivity contribution in [3.8, 4) is 0 Å². The van der Waals surface area contributed by atoms with Crippen LogP contribution in [0.5, 0.6) is 0 Å². The van der Waals surface area contributed by atoms with E-state index in [2.05, 4.69) is 15.1 Å². The molecule has 1 N–H and O–H groups in total. The lowest BCUT2D eigenvalue weighted by Crippen LogP contribution is -2.42. The molecule has 4 rings (SSSR count). The Kier molecular flexibility index (Phi) is 7.88. The molecule has 170 valence electrons. The van der Waals surface area contributed by atoms with Crippen LogP contribution in [0.4, 0.5) is 18.3 Å². The molecule has 0 bridgehead atoms. The first-order valence-corrected chi connectivity index (χ1v) is 10.7. The number of anilines is 1. The van der Waals surface area contributed by atoms with E-state index < -0.39 is 12.1 Å². The maximum Gasteiger partial charge on any atom is 0.490 e. The van der Waals surface area contributed by atoms with Gasteiger partial charge in [0.05, 0.1) is 12.6 Å². The van der Waals surface area contributed by atoms with E-state index in [1.165, 1.54) is 0 Å². The van der Waals surface area contributed by atoms with E-state index in [1.807, 2.05) is 6.92 Å². The Labute approximate surface area is 176 Å². The summed E-state index contributed by atoms with van der Waals surface area (Å²) >= 11 is 1.66. The number of rotatable bonds is 4. The number of fused-ring (bicyclic) bond motifs is 1. The predicted octanol–water partition coefficient (Wildman–Crippen LogP) is 2.66. The minimum Gasteiger partial charge on any atom is -0.475 e. The van der Waals surface area contributed by atoms with Crippen molar-refractivity contribution in [2.24, 2.45) is 5.92 Å². The maximum atomic E-state index is 10.6. The molecule has 3 fully saturated rings. The molecular formula is C18H26F3N3O5S. The zero-order valence-corrected chi connectivity index (χ0v) is 17.5. The monoisotopic (exact) mass is 453 g/mol. The molecule has 0 aromatic carbocycles. The molecule has 0 radical (unpaired) electrons. The number of hydrogen-bond acceptors (Lipinski definition) is 8. The molecule has 30 heavy (non-hydrogen) atoms. The Bertz CT molecular complexity index is 699. The van der Waals surface area contributed by atoms with Gasteiger partial charge in [0, 0.05) is 26.4 Å². The van der Waals surface area contributed by atoms with Crippen molar-refractivity contribution >= 4 is 22.4 Å². The molecule has 12 heteroatoms. The van der Waals surface area contributed by atoms with Gasteiger partial charge in [0.2, 0.25) is 5.13 Å². The van der Waals surface area contributed by atoms with Crippen molar-refractivity contribution in [3.05, 3.63) is 5.01 Å². The second kappa shape index (κ2) is 10.2. The Morgan fingerprint density at radius 1 is 1.27 bits per heavy atom. The third kappa shape index (κ3) is 6.02. The summed E-state index contributed by atoms with van der Waals surface area (Å²) in [5.74, 6) is -2.13. The lowest BCUT2D eigenvalue weighted by molar-refractivity contribution is -0.192. The molecule has 0 saturated carbocycles. The first-order valence-electron chi connectivity index (χ1n) is 9.93. The van der Waals surface area contributed by atoms with E-state index in [9.17, 15) is 13.2 Å². The van der Waals surface area contributed by atoms with Gasteiger partial charge >= 0.3 is 12.1 Å². The second-order valence-corrected chi connectivity index (χ2v) is 8.69. The first-order chi connectivity index (χ1) is 14.3. The van der Waals surface area contributed by atoms with Crippen LogP contribution in [0, 0.1) is 12.8 Å². The summed E-state index contributed by atoms with van der Waals surface area (Å²) in [6, 6.07) is 0.385. The van der Waals surface area contributed by atoms with Crippen LogP contribution < -0.4 is 4.90 Å². The van der Waals surface area contributed by atoms with Crippen molar-refractivity contribution in [1.82, 2.24) is 10.2 Å². The molecule has 8 nitrogen and oxygen atoms in total. The van der Waals surface area contributed by atoms with Gasteiger partial charge in [-0.1, -0.05) is 11.3 Å². The van der Waals surface area contributed by atoms with Crippen molar-refractivity contribution in [1.29, 1.82) is 0 Å². The van der Waals surface area contributed by atoms with Crippen LogP contribution in [0.2, 0.25) is 0 Å². The first kappa shape index (κ1) is 23.2. The molecule has 4 heterocycles.